The van der Waals surface area contributed by atoms with Crippen LogP contribution in [0.5, 0.6) is 0 Å². The molecule has 0 radical (unpaired) electrons. The highest BCUT2D eigenvalue weighted by atomic mass is 15.0. The van der Waals surface area contributed by atoms with E-state index in [1.54, 1.807) is 12.3 Å². The summed E-state index contributed by atoms with van der Waals surface area (Å²) in [5, 5.41) is 12.0. The first kappa shape index (κ1) is 22.9. The Bertz CT molecular complexity index is 1540. The lowest BCUT2D eigenvalue weighted by Gasteiger charge is -2.19. The second-order valence-corrected chi connectivity index (χ2v) is 11.4. The Labute approximate surface area is 207 Å². The van der Waals surface area contributed by atoms with Gasteiger partial charge in [0.2, 0.25) is 0 Å². The molecule has 5 rings (SSSR count). The summed E-state index contributed by atoms with van der Waals surface area (Å²) in [7, 11) is 0. The maximum absolute atomic E-state index is 9.45. The fraction of sp³-hybridized carbons (Fsp3) is 0.250. The van der Waals surface area contributed by atoms with E-state index in [4.69, 9.17) is 0 Å². The van der Waals surface area contributed by atoms with Gasteiger partial charge in [-0.05, 0) is 64.4 Å². The monoisotopic (exact) mass is 457 g/mol. The number of aromatic nitrogens is 2. The first-order chi connectivity index (χ1) is 16.6. The van der Waals surface area contributed by atoms with Gasteiger partial charge in [-0.25, -0.2) is 0 Å². The first-order valence-electron chi connectivity index (χ1n) is 12.1. The van der Waals surface area contributed by atoms with Gasteiger partial charge >= 0.3 is 0 Å². The molecule has 174 valence electrons. The number of hydrogen-bond donors (Lipinski definition) is 0. The van der Waals surface area contributed by atoms with Crippen LogP contribution in [0.2, 0.25) is 0 Å². The van der Waals surface area contributed by atoms with Crippen molar-refractivity contribution >= 4 is 21.8 Å². The van der Waals surface area contributed by atoms with Gasteiger partial charge in [-0.2, -0.15) is 5.26 Å². The van der Waals surface area contributed by atoms with Gasteiger partial charge in [-0.1, -0.05) is 71.9 Å². The molecule has 3 aromatic carbocycles. The van der Waals surface area contributed by atoms with E-state index >= 15 is 0 Å². The minimum absolute atomic E-state index is 0.0593. The molecule has 0 aliphatic rings. The fourth-order valence-electron chi connectivity index (χ4n) is 4.75. The molecule has 0 unspecified atom stereocenters. The molecule has 0 saturated carbocycles. The number of nitrogens with zero attached hydrogens (tertiary/aromatic N) is 3. The summed E-state index contributed by atoms with van der Waals surface area (Å²) in [4.78, 5) is 4.62. The molecule has 0 fully saturated rings. The van der Waals surface area contributed by atoms with Crippen LogP contribution in [0.4, 0.5) is 0 Å². The third-order valence-corrected chi connectivity index (χ3v) is 6.81. The minimum atomic E-state index is 0.0593. The van der Waals surface area contributed by atoms with Crippen molar-refractivity contribution in [3.63, 3.8) is 0 Å². The fourth-order valence-corrected chi connectivity index (χ4v) is 4.75. The zero-order chi connectivity index (χ0) is 25.0. The molecule has 0 N–H and O–H groups in total. The summed E-state index contributed by atoms with van der Waals surface area (Å²) < 4.78 is 2.35. The quantitative estimate of drug-likeness (QED) is 0.267. The zero-order valence-electron chi connectivity index (χ0n) is 21.3. The van der Waals surface area contributed by atoms with E-state index in [0.717, 1.165) is 16.9 Å². The van der Waals surface area contributed by atoms with Crippen LogP contribution in [0.1, 0.15) is 58.2 Å². The molecule has 0 aliphatic carbocycles. The summed E-state index contributed by atoms with van der Waals surface area (Å²) in [6.07, 6.45) is 1.71. The predicted molar refractivity (Wildman–Crippen MR) is 146 cm³/mol. The molecule has 0 amide bonds. The number of nitriles is 1. The van der Waals surface area contributed by atoms with Crippen LogP contribution in [0, 0.1) is 11.3 Å². The van der Waals surface area contributed by atoms with Gasteiger partial charge in [0.25, 0.3) is 0 Å². The predicted octanol–water partition coefficient (Wildman–Crippen LogP) is 8.31. The van der Waals surface area contributed by atoms with Gasteiger partial charge < -0.3 is 4.57 Å². The molecule has 0 aliphatic heterocycles. The normalized spacial score (nSPS) is 12.3. The van der Waals surface area contributed by atoms with Crippen LogP contribution < -0.4 is 0 Å². The van der Waals surface area contributed by atoms with E-state index in [0.29, 0.717) is 5.56 Å². The van der Waals surface area contributed by atoms with E-state index in [2.05, 4.69) is 112 Å². The van der Waals surface area contributed by atoms with Crippen LogP contribution in [-0.2, 0) is 10.8 Å². The van der Waals surface area contributed by atoms with Crippen molar-refractivity contribution in [2.24, 2.45) is 0 Å². The molecular formula is C32H31N3. The van der Waals surface area contributed by atoms with Gasteiger partial charge in [0, 0.05) is 22.5 Å². The summed E-state index contributed by atoms with van der Waals surface area (Å²) in [5.74, 6) is 0. The van der Waals surface area contributed by atoms with E-state index in [9.17, 15) is 5.26 Å². The van der Waals surface area contributed by atoms with Gasteiger partial charge in [0.15, 0.2) is 0 Å². The Morgan fingerprint density at radius 1 is 0.714 bits per heavy atom. The van der Waals surface area contributed by atoms with Gasteiger partial charge in [0.1, 0.15) is 0 Å². The molecule has 2 heterocycles. The largest absolute Gasteiger partial charge is 0.309 e. The Balaban J connectivity index is 1.88. The van der Waals surface area contributed by atoms with Crippen molar-refractivity contribution in [2.75, 3.05) is 0 Å². The average molecular weight is 458 g/mol. The molecule has 0 spiro atoms. The average Bonchev–Trinajstić information content (AvgIpc) is 3.16. The Morgan fingerprint density at radius 2 is 1.29 bits per heavy atom. The summed E-state index contributed by atoms with van der Waals surface area (Å²) in [6, 6.07) is 27.9. The molecule has 2 aromatic heterocycles. The lowest BCUT2D eigenvalue weighted by atomic mass is 9.85. The molecule has 35 heavy (non-hydrogen) atoms. The topological polar surface area (TPSA) is 41.6 Å². The minimum Gasteiger partial charge on any atom is -0.309 e. The van der Waals surface area contributed by atoms with E-state index in [-0.39, 0.29) is 10.8 Å². The maximum Gasteiger partial charge on any atom is 0.0992 e. The number of fused-ring (bicyclic) bond motifs is 3. The number of benzene rings is 3. The van der Waals surface area contributed by atoms with Crippen LogP contribution in [0.25, 0.3) is 38.8 Å². The highest BCUT2D eigenvalue weighted by Crippen LogP contribution is 2.39. The Hall–Kier alpha value is -3.90. The maximum atomic E-state index is 9.45. The summed E-state index contributed by atoms with van der Waals surface area (Å²) in [5.41, 5.74) is 8.57. The smallest absolute Gasteiger partial charge is 0.0992 e. The van der Waals surface area contributed by atoms with Crippen molar-refractivity contribution in [3.05, 3.63) is 95.7 Å². The van der Waals surface area contributed by atoms with Gasteiger partial charge in [-0.3, -0.25) is 4.98 Å². The second kappa shape index (κ2) is 8.10. The molecule has 0 bridgehead atoms. The highest BCUT2D eigenvalue weighted by Gasteiger charge is 2.21. The first-order valence-corrected chi connectivity index (χ1v) is 12.1. The van der Waals surface area contributed by atoms with Crippen molar-refractivity contribution in [2.45, 2.75) is 52.4 Å². The summed E-state index contributed by atoms with van der Waals surface area (Å²) in [6.45, 7) is 13.6. The van der Waals surface area contributed by atoms with Crippen molar-refractivity contribution in [3.8, 4) is 23.0 Å². The van der Waals surface area contributed by atoms with E-state index < -0.39 is 0 Å². The molecule has 0 saturated heterocycles. The van der Waals surface area contributed by atoms with Crippen LogP contribution >= 0.6 is 0 Å². The van der Waals surface area contributed by atoms with E-state index in [1.807, 2.05) is 12.1 Å². The molecule has 3 heteroatoms. The number of hydrogen-bond acceptors (Lipinski definition) is 2. The molecular weight excluding hydrogens is 426 g/mol. The lowest BCUT2D eigenvalue weighted by Crippen LogP contribution is -2.10. The highest BCUT2D eigenvalue weighted by molar-refractivity contribution is 6.10. The van der Waals surface area contributed by atoms with Crippen LogP contribution in [-0.4, -0.2) is 9.55 Å². The second-order valence-electron chi connectivity index (χ2n) is 11.4. The zero-order valence-corrected chi connectivity index (χ0v) is 21.3. The third-order valence-electron chi connectivity index (χ3n) is 6.81. The number of pyridine rings is 1. The van der Waals surface area contributed by atoms with Crippen LogP contribution in [0.15, 0.2) is 79.0 Å². The Morgan fingerprint density at radius 3 is 1.83 bits per heavy atom. The van der Waals surface area contributed by atoms with Crippen molar-refractivity contribution < 1.29 is 0 Å². The standard InChI is InChI=1S/C32H31N3/c1-31(2,3)22-11-13-29-25(18-22)26-19-23(32(4,5)6)12-14-30(26)35(29)28-10-8-7-9-24(28)27-17-21(20-33)15-16-34-27/h7-19H,1-6H3. The lowest BCUT2D eigenvalue weighted by molar-refractivity contribution is 0.590. The Kier molecular flexibility index (Phi) is 5.29. The van der Waals surface area contributed by atoms with Crippen molar-refractivity contribution in [1.29, 1.82) is 5.26 Å². The van der Waals surface area contributed by atoms with Gasteiger partial charge in [-0.15, -0.1) is 0 Å². The van der Waals surface area contributed by atoms with Crippen LogP contribution in [0.3, 0.4) is 0 Å². The molecule has 5 aromatic rings. The SMILES string of the molecule is CC(C)(C)c1ccc2c(c1)c1cc(C(C)(C)C)ccc1n2-c1ccccc1-c1cc(C#N)ccn1. The van der Waals surface area contributed by atoms with Crippen molar-refractivity contribution in [1.82, 2.24) is 9.55 Å². The van der Waals surface area contributed by atoms with Gasteiger partial charge in [0.05, 0.1) is 34.0 Å². The summed E-state index contributed by atoms with van der Waals surface area (Å²) >= 11 is 0. The van der Waals surface area contributed by atoms with E-state index in [1.165, 1.54) is 32.9 Å². The number of para-hydroxylation sites is 1. The number of rotatable bonds is 2. The molecule has 0 atom stereocenters. The molecule has 3 nitrogen and oxygen atoms in total. The third kappa shape index (κ3) is 4.00.